The molecule has 11 aromatic rings. The molecular weight excluding hydrogens is 779 g/mol. The Labute approximate surface area is 372 Å². The molecule has 1 nitrogen and oxygen atoms in total. The average molecular weight is 822 g/mol. The lowest BCUT2D eigenvalue weighted by molar-refractivity contribution is 0.660. The molecule has 2 heteroatoms. The molecule has 63 heavy (non-hydrogen) atoms. The van der Waals surface area contributed by atoms with E-state index in [2.05, 4.69) is 243 Å². The normalized spacial score (nSPS) is 12.7. The van der Waals surface area contributed by atoms with Crippen LogP contribution in [0.3, 0.4) is 0 Å². The molecule has 0 fully saturated rings. The van der Waals surface area contributed by atoms with E-state index in [1.807, 2.05) is 11.3 Å². The van der Waals surface area contributed by atoms with E-state index in [0.717, 1.165) is 17.1 Å². The Bertz CT molecular complexity index is 3520. The second-order valence-electron chi connectivity index (χ2n) is 17.3. The van der Waals surface area contributed by atoms with Crippen LogP contribution in [0.15, 0.2) is 224 Å². The van der Waals surface area contributed by atoms with Gasteiger partial charge in [0, 0.05) is 42.6 Å². The van der Waals surface area contributed by atoms with Crippen molar-refractivity contribution >= 4 is 59.3 Å². The fraction of sp³-hybridized carbons (Fsp3) is 0.0492. The Morgan fingerprint density at radius 2 is 0.841 bits per heavy atom. The van der Waals surface area contributed by atoms with Crippen molar-refractivity contribution in [3.63, 3.8) is 0 Å². The van der Waals surface area contributed by atoms with Gasteiger partial charge in [-0.2, -0.15) is 0 Å². The number of fused-ring (bicyclic) bond motifs is 7. The highest BCUT2D eigenvalue weighted by molar-refractivity contribution is 7.25. The van der Waals surface area contributed by atoms with Crippen LogP contribution in [-0.4, -0.2) is 0 Å². The number of rotatable bonds is 7. The summed E-state index contributed by atoms with van der Waals surface area (Å²) in [5, 5.41) is 5.15. The van der Waals surface area contributed by atoms with Gasteiger partial charge in [0.1, 0.15) is 0 Å². The van der Waals surface area contributed by atoms with Crippen LogP contribution in [-0.2, 0) is 5.41 Å². The highest BCUT2D eigenvalue weighted by atomic mass is 32.1. The molecule has 1 aliphatic carbocycles. The molecule has 12 rings (SSSR count). The summed E-state index contributed by atoms with van der Waals surface area (Å²) in [5.74, 6) is 0. The molecule has 0 bridgehead atoms. The minimum absolute atomic E-state index is 0.180. The molecule has 0 atom stereocenters. The van der Waals surface area contributed by atoms with Gasteiger partial charge in [-0.15, -0.1) is 11.3 Å². The molecule has 0 saturated carbocycles. The predicted octanol–water partition coefficient (Wildman–Crippen LogP) is 17.7. The maximum Gasteiger partial charge on any atom is 0.0465 e. The summed E-state index contributed by atoms with van der Waals surface area (Å²) in [6.07, 6.45) is 0. The van der Waals surface area contributed by atoms with Crippen LogP contribution in [0.4, 0.5) is 17.1 Å². The molecule has 0 spiro atoms. The molecular formula is C61H43NS. The first-order chi connectivity index (χ1) is 31.0. The summed E-state index contributed by atoms with van der Waals surface area (Å²) in [6, 6.07) is 82.9. The van der Waals surface area contributed by atoms with E-state index in [9.17, 15) is 0 Å². The Morgan fingerprint density at radius 3 is 1.63 bits per heavy atom. The van der Waals surface area contributed by atoms with Gasteiger partial charge in [-0.3, -0.25) is 0 Å². The maximum atomic E-state index is 2.44. The highest BCUT2D eigenvalue weighted by Gasteiger charge is 2.36. The van der Waals surface area contributed by atoms with E-state index >= 15 is 0 Å². The lowest BCUT2D eigenvalue weighted by Crippen LogP contribution is -2.16. The fourth-order valence-corrected chi connectivity index (χ4v) is 11.1. The van der Waals surface area contributed by atoms with Gasteiger partial charge in [0.25, 0.3) is 0 Å². The second kappa shape index (κ2) is 14.8. The van der Waals surface area contributed by atoms with Crippen molar-refractivity contribution in [2.75, 3.05) is 4.90 Å². The third-order valence-corrected chi connectivity index (χ3v) is 14.5. The zero-order valence-corrected chi connectivity index (χ0v) is 36.0. The van der Waals surface area contributed by atoms with Crippen LogP contribution in [0.1, 0.15) is 25.0 Å². The first kappa shape index (κ1) is 37.3. The second-order valence-corrected chi connectivity index (χ2v) is 18.4. The smallest absolute Gasteiger partial charge is 0.0465 e. The zero-order chi connectivity index (χ0) is 42.1. The molecule has 0 radical (unpaired) electrons. The molecule has 1 heterocycles. The Hall–Kier alpha value is -7.52. The van der Waals surface area contributed by atoms with Crippen molar-refractivity contribution < 1.29 is 0 Å². The lowest BCUT2D eigenvalue weighted by atomic mass is 9.81. The van der Waals surface area contributed by atoms with Crippen molar-refractivity contribution in [1.29, 1.82) is 0 Å². The van der Waals surface area contributed by atoms with Crippen LogP contribution in [0, 0.1) is 0 Å². The van der Waals surface area contributed by atoms with Gasteiger partial charge < -0.3 is 4.90 Å². The monoisotopic (exact) mass is 821 g/mol. The van der Waals surface area contributed by atoms with Crippen molar-refractivity contribution in [2.45, 2.75) is 19.3 Å². The van der Waals surface area contributed by atoms with Gasteiger partial charge in [-0.05, 0) is 138 Å². The largest absolute Gasteiger partial charge is 0.310 e. The molecule has 0 N–H and O–H groups in total. The van der Waals surface area contributed by atoms with E-state index in [4.69, 9.17) is 0 Å². The highest BCUT2D eigenvalue weighted by Crippen LogP contribution is 2.52. The van der Waals surface area contributed by atoms with Crippen molar-refractivity contribution in [3.05, 3.63) is 236 Å². The third-order valence-electron chi connectivity index (χ3n) is 13.3. The van der Waals surface area contributed by atoms with Crippen LogP contribution in [0.25, 0.3) is 86.6 Å². The molecule has 0 unspecified atom stereocenters. The zero-order valence-electron chi connectivity index (χ0n) is 35.2. The van der Waals surface area contributed by atoms with E-state index in [-0.39, 0.29) is 5.41 Å². The third kappa shape index (κ3) is 6.29. The van der Waals surface area contributed by atoms with E-state index < -0.39 is 0 Å². The molecule has 0 saturated heterocycles. The van der Waals surface area contributed by atoms with Gasteiger partial charge >= 0.3 is 0 Å². The van der Waals surface area contributed by atoms with Crippen LogP contribution < -0.4 is 4.90 Å². The number of hydrogen-bond acceptors (Lipinski definition) is 2. The predicted molar refractivity (Wildman–Crippen MR) is 271 cm³/mol. The van der Waals surface area contributed by atoms with Crippen LogP contribution in [0.2, 0.25) is 0 Å². The van der Waals surface area contributed by atoms with E-state index in [1.54, 1.807) is 0 Å². The van der Waals surface area contributed by atoms with Gasteiger partial charge in [-0.25, -0.2) is 0 Å². The number of nitrogens with zero attached hydrogens (tertiary/aromatic N) is 1. The standard InChI is InChI=1S/C61H43NS/c1-61(2)57-38-45(40-13-4-3-5-14-40)27-34-53(57)54-35-33-48(39-58(54)61)62(46-29-23-41(24-30-46)44-28-36-60-56(37-44)55-20-10-11-22-59(55)63-60)47-31-25-43(26-32-47)50-18-8-9-19-51(50)52-21-12-16-42-15-6-7-17-49(42)52/h3-39H,1-2H3. The molecule has 298 valence electrons. The first-order valence-corrected chi connectivity index (χ1v) is 22.6. The van der Waals surface area contributed by atoms with Gasteiger partial charge in [0.15, 0.2) is 0 Å². The van der Waals surface area contributed by atoms with Gasteiger partial charge in [-0.1, -0.05) is 178 Å². The number of hydrogen-bond donors (Lipinski definition) is 0. The van der Waals surface area contributed by atoms with Gasteiger partial charge in [0.2, 0.25) is 0 Å². The summed E-state index contributed by atoms with van der Waals surface area (Å²) >= 11 is 1.86. The fourth-order valence-electron chi connectivity index (χ4n) is 10.1. The van der Waals surface area contributed by atoms with E-state index in [0.29, 0.717) is 0 Å². The Balaban J connectivity index is 0.957. The lowest BCUT2D eigenvalue weighted by Gasteiger charge is -2.28. The minimum atomic E-state index is -0.180. The average Bonchev–Trinajstić information content (AvgIpc) is 3.83. The quantitative estimate of drug-likeness (QED) is 0.155. The SMILES string of the molecule is CC1(C)c2cc(-c3ccccc3)ccc2-c2ccc(N(c3ccc(-c4ccc5sc6ccccc6c5c4)cc3)c3ccc(-c4ccccc4-c4cccc5ccccc45)cc3)cc21. The molecule has 0 amide bonds. The van der Waals surface area contributed by atoms with Gasteiger partial charge in [0.05, 0.1) is 0 Å². The number of thiophene rings is 1. The molecule has 10 aromatic carbocycles. The Morgan fingerprint density at radius 1 is 0.317 bits per heavy atom. The van der Waals surface area contributed by atoms with Crippen LogP contribution >= 0.6 is 11.3 Å². The topological polar surface area (TPSA) is 3.24 Å². The number of benzene rings is 10. The summed E-state index contributed by atoms with van der Waals surface area (Å²) < 4.78 is 2.65. The number of anilines is 3. The summed E-state index contributed by atoms with van der Waals surface area (Å²) in [4.78, 5) is 2.43. The summed E-state index contributed by atoms with van der Waals surface area (Å²) in [7, 11) is 0. The Kier molecular flexibility index (Phi) is 8.77. The van der Waals surface area contributed by atoms with Crippen molar-refractivity contribution in [2.24, 2.45) is 0 Å². The van der Waals surface area contributed by atoms with Crippen molar-refractivity contribution in [1.82, 2.24) is 0 Å². The molecule has 0 aliphatic heterocycles. The molecule has 1 aromatic heterocycles. The van der Waals surface area contributed by atoms with Crippen molar-refractivity contribution in [3.8, 4) is 55.6 Å². The van der Waals surface area contributed by atoms with Crippen LogP contribution in [0.5, 0.6) is 0 Å². The first-order valence-electron chi connectivity index (χ1n) is 21.8. The van der Waals surface area contributed by atoms with E-state index in [1.165, 1.54) is 97.7 Å². The molecule has 1 aliphatic rings. The summed E-state index contributed by atoms with van der Waals surface area (Å²) in [5.41, 5.74) is 18.4. The summed E-state index contributed by atoms with van der Waals surface area (Å²) in [6.45, 7) is 4.76. The minimum Gasteiger partial charge on any atom is -0.310 e. The maximum absolute atomic E-state index is 2.44.